The molecule has 1 aliphatic heterocycles. The second-order valence-corrected chi connectivity index (χ2v) is 9.00. The van der Waals surface area contributed by atoms with Gasteiger partial charge in [0.1, 0.15) is 6.61 Å². The number of esters is 1. The first-order valence-electron chi connectivity index (χ1n) is 12.5. The summed E-state index contributed by atoms with van der Waals surface area (Å²) in [6.07, 6.45) is 1.91. The highest BCUT2D eigenvalue weighted by Gasteiger charge is 2.30. The average molecular weight is 506 g/mol. The van der Waals surface area contributed by atoms with Gasteiger partial charge in [-0.2, -0.15) is 0 Å². The Labute approximate surface area is 218 Å². The van der Waals surface area contributed by atoms with Gasteiger partial charge in [-0.05, 0) is 59.4 Å². The molecule has 1 heterocycles. The smallest absolute Gasteiger partial charge is 0.307 e. The molecule has 196 valence electrons. The summed E-state index contributed by atoms with van der Waals surface area (Å²) in [5.41, 5.74) is 4.50. The van der Waals surface area contributed by atoms with E-state index in [1.54, 1.807) is 28.4 Å². The van der Waals surface area contributed by atoms with E-state index >= 15 is 0 Å². The van der Waals surface area contributed by atoms with Crippen LogP contribution < -0.4 is 18.9 Å². The molecule has 0 aromatic heterocycles. The predicted molar refractivity (Wildman–Crippen MR) is 142 cm³/mol. The fraction of sp³-hybridized carbons (Fsp3) is 0.367. The van der Waals surface area contributed by atoms with Crippen LogP contribution in [0.25, 0.3) is 0 Å². The molecule has 7 nitrogen and oxygen atoms in total. The van der Waals surface area contributed by atoms with Crippen molar-refractivity contribution >= 4 is 5.97 Å². The Hall–Kier alpha value is -3.71. The van der Waals surface area contributed by atoms with Crippen molar-refractivity contribution in [2.75, 3.05) is 41.5 Å². The van der Waals surface area contributed by atoms with Gasteiger partial charge in [0, 0.05) is 19.1 Å². The van der Waals surface area contributed by atoms with Gasteiger partial charge in [0.15, 0.2) is 23.0 Å². The maximum Gasteiger partial charge on any atom is 0.307 e. The van der Waals surface area contributed by atoms with Gasteiger partial charge >= 0.3 is 5.97 Å². The highest BCUT2D eigenvalue weighted by molar-refractivity contribution is 5.69. The van der Waals surface area contributed by atoms with E-state index in [0.29, 0.717) is 30.2 Å². The number of nitrogens with zero attached hydrogens (tertiary/aromatic N) is 1. The molecule has 0 fully saturated rings. The fourth-order valence-corrected chi connectivity index (χ4v) is 4.86. The van der Waals surface area contributed by atoms with E-state index in [1.807, 2.05) is 42.5 Å². The van der Waals surface area contributed by atoms with Crippen LogP contribution in [0.3, 0.4) is 0 Å². The number of hydrogen-bond donors (Lipinski definition) is 0. The van der Waals surface area contributed by atoms with Crippen molar-refractivity contribution in [3.63, 3.8) is 0 Å². The quantitative estimate of drug-likeness (QED) is 0.340. The summed E-state index contributed by atoms with van der Waals surface area (Å²) >= 11 is 0. The van der Waals surface area contributed by atoms with Crippen LogP contribution >= 0.6 is 0 Å². The summed E-state index contributed by atoms with van der Waals surface area (Å²) in [6.45, 7) is 1.71. The normalized spacial score (nSPS) is 15.0. The number of carbonyl (C=O) groups is 1. The van der Waals surface area contributed by atoms with Crippen molar-refractivity contribution in [3.05, 3.63) is 82.9 Å². The van der Waals surface area contributed by atoms with E-state index in [4.69, 9.17) is 23.7 Å². The molecule has 0 unspecified atom stereocenters. The Balaban J connectivity index is 1.55. The zero-order valence-electron chi connectivity index (χ0n) is 22.0. The molecule has 4 rings (SSSR count). The Morgan fingerprint density at radius 2 is 1.49 bits per heavy atom. The largest absolute Gasteiger partial charge is 0.493 e. The van der Waals surface area contributed by atoms with Gasteiger partial charge in [-0.25, -0.2) is 0 Å². The molecule has 1 aliphatic rings. The van der Waals surface area contributed by atoms with Crippen molar-refractivity contribution in [3.8, 4) is 23.0 Å². The minimum absolute atomic E-state index is 0.0450. The van der Waals surface area contributed by atoms with Crippen LogP contribution in [-0.4, -0.2) is 52.4 Å². The first-order chi connectivity index (χ1) is 18.1. The summed E-state index contributed by atoms with van der Waals surface area (Å²) in [6, 6.07) is 19.9. The lowest BCUT2D eigenvalue weighted by molar-refractivity contribution is -0.145. The van der Waals surface area contributed by atoms with Crippen LogP contribution in [-0.2, 0) is 29.0 Å². The summed E-state index contributed by atoms with van der Waals surface area (Å²) < 4.78 is 27.7. The molecule has 0 N–H and O–H groups in total. The van der Waals surface area contributed by atoms with Crippen LogP contribution in [0, 0.1) is 0 Å². The molecule has 0 amide bonds. The number of carbonyl (C=O) groups excluding carboxylic acids is 1. The maximum atomic E-state index is 12.6. The van der Waals surface area contributed by atoms with E-state index in [-0.39, 0.29) is 18.6 Å². The van der Waals surface area contributed by atoms with Gasteiger partial charge in [0.2, 0.25) is 0 Å². The third-order valence-corrected chi connectivity index (χ3v) is 6.84. The van der Waals surface area contributed by atoms with Gasteiger partial charge in [-0.3, -0.25) is 9.69 Å². The molecule has 0 aliphatic carbocycles. The van der Waals surface area contributed by atoms with E-state index in [0.717, 1.165) is 36.3 Å². The van der Waals surface area contributed by atoms with Crippen LogP contribution in [0.4, 0.5) is 0 Å². The third kappa shape index (κ3) is 6.35. The van der Waals surface area contributed by atoms with Crippen molar-refractivity contribution in [2.45, 2.75) is 31.9 Å². The Bertz CT molecular complexity index is 1200. The number of methoxy groups -OCH3 is 4. The van der Waals surface area contributed by atoms with Gasteiger partial charge in [0.05, 0.1) is 34.9 Å². The first kappa shape index (κ1) is 26.4. The standard InChI is InChI=1S/C30H35NO6/c1-33-26-11-10-22(17-27(26)34-2)16-25-24-19-29(36-4)28(35-3)18-23(24)12-14-31(25)15-13-30(32)37-20-21-8-6-5-7-9-21/h5-11,17-19,25H,12-16,20H2,1-4H3/t25-/m1/s1. The number of fused-ring (bicyclic) bond motifs is 1. The number of ether oxygens (including phenoxy) is 5. The highest BCUT2D eigenvalue weighted by Crippen LogP contribution is 2.40. The van der Waals surface area contributed by atoms with Crippen molar-refractivity contribution in [1.82, 2.24) is 4.90 Å². The molecule has 0 radical (unpaired) electrons. The minimum atomic E-state index is -0.202. The predicted octanol–water partition coefficient (Wildman–Crippen LogP) is 5.00. The van der Waals surface area contributed by atoms with E-state index in [9.17, 15) is 4.79 Å². The van der Waals surface area contributed by atoms with Gasteiger partial charge in [-0.15, -0.1) is 0 Å². The fourth-order valence-electron chi connectivity index (χ4n) is 4.86. The molecule has 3 aromatic rings. The molecular weight excluding hydrogens is 470 g/mol. The van der Waals surface area contributed by atoms with E-state index in [1.165, 1.54) is 11.1 Å². The Morgan fingerprint density at radius 1 is 0.811 bits per heavy atom. The molecule has 0 saturated heterocycles. The molecule has 0 saturated carbocycles. The molecule has 37 heavy (non-hydrogen) atoms. The molecule has 7 heteroatoms. The Kier molecular flexibility index (Phi) is 8.90. The number of benzene rings is 3. The highest BCUT2D eigenvalue weighted by atomic mass is 16.5. The molecule has 3 aromatic carbocycles. The summed E-state index contributed by atoms with van der Waals surface area (Å²) in [5.74, 6) is 2.61. The SMILES string of the molecule is COc1ccc(C[C@@H]2c3cc(OC)c(OC)cc3CCN2CCC(=O)OCc2ccccc2)cc1OC. The molecular formula is C30H35NO6. The lowest BCUT2D eigenvalue weighted by Gasteiger charge is -2.38. The second kappa shape index (κ2) is 12.5. The van der Waals surface area contributed by atoms with Crippen LogP contribution in [0.2, 0.25) is 0 Å². The van der Waals surface area contributed by atoms with E-state index in [2.05, 4.69) is 23.1 Å². The van der Waals surface area contributed by atoms with Crippen molar-refractivity contribution in [1.29, 1.82) is 0 Å². The summed E-state index contributed by atoms with van der Waals surface area (Å²) in [4.78, 5) is 14.9. The monoisotopic (exact) mass is 505 g/mol. The van der Waals surface area contributed by atoms with E-state index < -0.39 is 0 Å². The van der Waals surface area contributed by atoms with Crippen LogP contribution in [0.1, 0.15) is 34.7 Å². The number of hydrogen-bond acceptors (Lipinski definition) is 7. The van der Waals surface area contributed by atoms with Crippen molar-refractivity contribution < 1.29 is 28.5 Å². The van der Waals surface area contributed by atoms with Gasteiger partial charge in [-0.1, -0.05) is 36.4 Å². The zero-order valence-corrected chi connectivity index (χ0v) is 22.0. The topological polar surface area (TPSA) is 66.5 Å². The van der Waals surface area contributed by atoms with Gasteiger partial charge in [0.25, 0.3) is 0 Å². The number of rotatable bonds is 11. The minimum Gasteiger partial charge on any atom is -0.493 e. The van der Waals surface area contributed by atoms with Crippen LogP contribution in [0.15, 0.2) is 60.7 Å². The lowest BCUT2D eigenvalue weighted by Crippen LogP contribution is -2.38. The summed E-state index contributed by atoms with van der Waals surface area (Å²) in [7, 11) is 6.58. The summed E-state index contributed by atoms with van der Waals surface area (Å²) in [5, 5.41) is 0. The zero-order chi connectivity index (χ0) is 26.2. The maximum absolute atomic E-state index is 12.6. The van der Waals surface area contributed by atoms with Crippen LogP contribution in [0.5, 0.6) is 23.0 Å². The third-order valence-electron chi connectivity index (χ3n) is 6.84. The molecule has 0 spiro atoms. The molecule has 1 atom stereocenters. The van der Waals surface area contributed by atoms with Crippen molar-refractivity contribution in [2.24, 2.45) is 0 Å². The van der Waals surface area contributed by atoms with Gasteiger partial charge < -0.3 is 23.7 Å². The first-order valence-corrected chi connectivity index (χ1v) is 12.5. The average Bonchev–Trinajstić information content (AvgIpc) is 2.95. The molecule has 0 bridgehead atoms. The second-order valence-electron chi connectivity index (χ2n) is 9.00. The lowest BCUT2D eigenvalue weighted by atomic mass is 9.88. The Morgan fingerprint density at radius 3 is 2.19 bits per heavy atom.